The Balaban J connectivity index is 2.03. The molecule has 2 aromatic rings. The van der Waals surface area contributed by atoms with E-state index in [1.807, 2.05) is 0 Å². The zero-order valence-corrected chi connectivity index (χ0v) is 13.6. The zero-order valence-electron chi connectivity index (χ0n) is 13.6. The summed E-state index contributed by atoms with van der Waals surface area (Å²) in [6, 6.07) is 12.7. The first-order valence-corrected chi connectivity index (χ1v) is 8.54. The van der Waals surface area contributed by atoms with Crippen LogP contribution in [0.15, 0.2) is 60.4 Å². The van der Waals surface area contributed by atoms with Gasteiger partial charge >= 0.3 is 0 Å². The lowest BCUT2D eigenvalue weighted by Crippen LogP contribution is -2.16. The van der Waals surface area contributed by atoms with Crippen LogP contribution in [0, 0.1) is 17.6 Å². The minimum Gasteiger partial charge on any atom is -0.516 e. The molecular weight excluding hydrogens is 306 g/mol. The molecule has 0 bridgehead atoms. The van der Waals surface area contributed by atoms with Gasteiger partial charge in [-0.25, -0.2) is 8.78 Å². The highest BCUT2D eigenvalue weighted by Gasteiger charge is 2.27. The predicted octanol–water partition coefficient (Wildman–Crippen LogP) is 6.12. The predicted molar refractivity (Wildman–Crippen MR) is 91.9 cm³/mol. The zero-order chi connectivity index (χ0) is 16.9. The van der Waals surface area contributed by atoms with E-state index in [0.29, 0.717) is 5.92 Å². The van der Waals surface area contributed by atoms with Crippen molar-refractivity contribution in [3.8, 4) is 0 Å². The first-order valence-electron chi connectivity index (χ1n) is 8.54. The van der Waals surface area contributed by atoms with Gasteiger partial charge in [-0.15, -0.1) is 0 Å². The van der Waals surface area contributed by atoms with Crippen LogP contribution in [-0.2, 0) is 0 Å². The Bertz CT molecular complexity index is 637. The molecule has 1 nitrogen and oxygen atoms in total. The quantitative estimate of drug-likeness (QED) is 0.670. The number of hydrogen-bond donors (Lipinski definition) is 1. The third kappa shape index (κ3) is 3.66. The van der Waals surface area contributed by atoms with E-state index in [1.165, 1.54) is 36.9 Å². The third-order valence-corrected chi connectivity index (χ3v) is 4.97. The normalized spacial score (nSPS) is 16.5. The van der Waals surface area contributed by atoms with Crippen LogP contribution < -0.4 is 0 Å². The summed E-state index contributed by atoms with van der Waals surface area (Å²) in [6.07, 6.45) is 6.85. The number of allylic oxidation sites excluding steroid dienone is 1. The van der Waals surface area contributed by atoms with Gasteiger partial charge in [0.25, 0.3) is 0 Å². The van der Waals surface area contributed by atoms with Gasteiger partial charge in [0.05, 0.1) is 6.26 Å². The van der Waals surface area contributed by atoms with Gasteiger partial charge in [-0.05, 0) is 59.7 Å². The minimum atomic E-state index is -0.288. The van der Waals surface area contributed by atoms with Crippen molar-refractivity contribution in [1.29, 1.82) is 0 Å². The lowest BCUT2D eigenvalue weighted by Gasteiger charge is -2.30. The smallest absolute Gasteiger partial charge is 0.123 e. The van der Waals surface area contributed by atoms with E-state index < -0.39 is 0 Å². The van der Waals surface area contributed by atoms with Gasteiger partial charge in [-0.1, -0.05) is 43.5 Å². The number of aliphatic hydroxyl groups excluding tert-OH is 1. The van der Waals surface area contributed by atoms with Gasteiger partial charge in [0.2, 0.25) is 0 Å². The van der Waals surface area contributed by atoms with Crippen molar-refractivity contribution in [2.75, 3.05) is 0 Å². The van der Waals surface area contributed by atoms with Crippen LogP contribution in [-0.4, -0.2) is 5.11 Å². The molecule has 126 valence electrons. The highest BCUT2D eigenvalue weighted by Crippen LogP contribution is 2.41. The fourth-order valence-electron chi connectivity index (χ4n) is 3.74. The Kier molecular flexibility index (Phi) is 5.29. The number of halogens is 2. The van der Waals surface area contributed by atoms with E-state index in [0.717, 1.165) is 42.4 Å². The minimum absolute atomic E-state index is 0.181. The molecule has 0 heterocycles. The molecule has 2 aromatic carbocycles. The Hall–Kier alpha value is -2.16. The van der Waals surface area contributed by atoms with Crippen LogP contribution in [0.5, 0.6) is 0 Å². The van der Waals surface area contributed by atoms with Crippen LogP contribution in [0.3, 0.4) is 0 Å². The summed E-state index contributed by atoms with van der Waals surface area (Å²) in [6.45, 7) is 0. The first kappa shape index (κ1) is 16.7. The maximum absolute atomic E-state index is 13.3. The lowest BCUT2D eigenvalue weighted by molar-refractivity contribution is 0.371. The molecule has 1 aliphatic rings. The van der Waals surface area contributed by atoms with Gasteiger partial charge in [0.1, 0.15) is 11.6 Å². The standard InChI is InChI=1S/C21H22F2O/c22-18-10-6-16(7-11-18)21(17-8-12-19(23)13-9-17)20(14-24)15-4-2-1-3-5-15/h6-15,21,24H,1-5H2. The summed E-state index contributed by atoms with van der Waals surface area (Å²) >= 11 is 0. The van der Waals surface area contributed by atoms with Crippen molar-refractivity contribution in [1.82, 2.24) is 0 Å². The van der Waals surface area contributed by atoms with E-state index in [2.05, 4.69) is 0 Å². The molecular formula is C21H22F2O. The second kappa shape index (κ2) is 7.61. The number of rotatable bonds is 4. The molecule has 0 unspecified atom stereocenters. The molecule has 1 N–H and O–H groups in total. The molecule has 0 amide bonds. The van der Waals surface area contributed by atoms with E-state index in [1.54, 1.807) is 24.3 Å². The van der Waals surface area contributed by atoms with Crippen molar-refractivity contribution in [2.45, 2.75) is 38.0 Å². The summed E-state index contributed by atoms with van der Waals surface area (Å²) in [5, 5.41) is 9.97. The van der Waals surface area contributed by atoms with Crippen molar-refractivity contribution in [2.24, 2.45) is 5.92 Å². The summed E-state index contributed by atoms with van der Waals surface area (Å²) in [7, 11) is 0. The average Bonchev–Trinajstić information content (AvgIpc) is 2.62. The van der Waals surface area contributed by atoms with Crippen LogP contribution in [0.25, 0.3) is 0 Å². The van der Waals surface area contributed by atoms with Gasteiger partial charge in [-0.3, -0.25) is 0 Å². The van der Waals surface area contributed by atoms with E-state index in [9.17, 15) is 13.9 Å². The molecule has 3 heteroatoms. The molecule has 0 spiro atoms. The Morgan fingerprint density at radius 2 is 1.29 bits per heavy atom. The second-order valence-corrected chi connectivity index (χ2v) is 6.50. The average molecular weight is 328 g/mol. The van der Waals surface area contributed by atoms with Crippen LogP contribution in [0.4, 0.5) is 8.78 Å². The fourth-order valence-corrected chi connectivity index (χ4v) is 3.74. The third-order valence-electron chi connectivity index (χ3n) is 4.97. The molecule has 1 aliphatic carbocycles. The summed E-state index contributed by atoms with van der Waals surface area (Å²) in [5.74, 6) is -0.448. The van der Waals surface area contributed by atoms with Crippen molar-refractivity contribution >= 4 is 0 Å². The maximum atomic E-state index is 13.3. The molecule has 24 heavy (non-hydrogen) atoms. The topological polar surface area (TPSA) is 20.2 Å². The molecule has 0 saturated heterocycles. The van der Waals surface area contributed by atoms with E-state index in [-0.39, 0.29) is 17.6 Å². The number of aliphatic hydroxyl groups is 1. The molecule has 1 fully saturated rings. The Labute approximate surface area is 141 Å². The highest BCUT2D eigenvalue weighted by atomic mass is 19.1. The van der Waals surface area contributed by atoms with Crippen molar-refractivity contribution in [3.63, 3.8) is 0 Å². The van der Waals surface area contributed by atoms with E-state index >= 15 is 0 Å². The maximum Gasteiger partial charge on any atom is 0.123 e. The van der Waals surface area contributed by atoms with Crippen LogP contribution in [0.2, 0.25) is 0 Å². The molecule has 3 rings (SSSR count). The number of hydrogen-bond acceptors (Lipinski definition) is 1. The first-order chi connectivity index (χ1) is 11.7. The van der Waals surface area contributed by atoms with Gasteiger partial charge < -0.3 is 5.11 Å². The van der Waals surface area contributed by atoms with Crippen molar-refractivity contribution < 1.29 is 13.9 Å². The Morgan fingerprint density at radius 3 is 1.71 bits per heavy atom. The summed E-state index contributed by atoms with van der Waals surface area (Å²) in [5.41, 5.74) is 2.76. The molecule has 0 atom stereocenters. The van der Waals surface area contributed by atoms with Crippen LogP contribution in [0.1, 0.15) is 49.1 Å². The van der Waals surface area contributed by atoms with Crippen LogP contribution >= 0.6 is 0 Å². The lowest BCUT2D eigenvalue weighted by atomic mass is 9.74. The molecule has 0 aromatic heterocycles. The van der Waals surface area contributed by atoms with Crippen molar-refractivity contribution in [3.05, 3.63) is 83.1 Å². The molecule has 1 saturated carbocycles. The van der Waals surface area contributed by atoms with Gasteiger partial charge in [0, 0.05) is 5.92 Å². The van der Waals surface area contributed by atoms with Gasteiger partial charge in [0.15, 0.2) is 0 Å². The summed E-state index contributed by atoms with van der Waals surface area (Å²) in [4.78, 5) is 0. The molecule has 0 aliphatic heterocycles. The second-order valence-electron chi connectivity index (χ2n) is 6.50. The van der Waals surface area contributed by atoms with E-state index in [4.69, 9.17) is 0 Å². The largest absolute Gasteiger partial charge is 0.516 e. The highest BCUT2D eigenvalue weighted by molar-refractivity contribution is 5.41. The summed E-state index contributed by atoms with van der Waals surface area (Å²) < 4.78 is 26.7. The number of benzene rings is 2. The Morgan fingerprint density at radius 1 is 0.833 bits per heavy atom. The SMILES string of the molecule is OC=C(C1CCCCC1)C(c1ccc(F)cc1)c1ccc(F)cc1. The van der Waals surface area contributed by atoms with Gasteiger partial charge in [-0.2, -0.15) is 0 Å². The monoisotopic (exact) mass is 328 g/mol. The molecule has 0 radical (unpaired) electrons. The fraction of sp³-hybridized carbons (Fsp3) is 0.333.